The maximum atomic E-state index is 11.7. The second-order valence-electron chi connectivity index (χ2n) is 4.90. The number of hydrogen-bond donors (Lipinski definition) is 0. The molecule has 0 N–H and O–H groups in total. The van der Waals surface area contributed by atoms with Crippen molar-refractivity contribution in [2.24, 2.45) is 0 Å². The maximum absolute atomic E-state index is 11.7. The Morgan fingerprint density at radius 1 is 1.00 bits per heavy atom. The number of rotatable bonds is 6. The molecular weight excluding hydrogens is 296 g/mol. The smallest absolute Gasteiger partial charge is 0.337 e. The molecule has 0 radical (unpaired) electrons. The summed E-state index contributed by atoms with van der Waals surface area (Å²) in [6, 6.07) is 12.0. The third-order valence-electron chi connectivity index (χ3n) is 3.34. The number of methoxy groups -OCH3 is 2. The lowest BCUT2D eigenvalue weighted by Crippen LogP contribution is -2.04. The number of Topliss-reactive ketones (excluding diaryl/α,β-unsaturated/α-hetero) is 1. The molecule has 23 heavy (non-hydrogen) atoms. The zero-order valence-corrected chi connectivity index (χ0v) is 13.3. The standard InChI is InChI=1S/C18H18O5/c1-12(19)16-9-8-15(21-2)10-17(16)23-11-13-4-6-14(7-5-13)18(20)22-3/h4-10H,11H2,1-3H3. The minimum absolute atomic E-state index is 0.0799. The summed E-state index contributed by atoms with van der Waals surface area (Å²) in [5.74, 6) is 0.618. The van der Waals surface area contributed by atoms with Crippen LogP contribution in [0.15, 0.2) is 42.5 Å². The zero-order valence-electron chi connectivity index (χ0n) is 13.3. The molecule has 0 aliphatic carbocycles. The Kier molecular flexibility index (Phi) is 5.36. The van der Waals surface area contributed by atoms with E-state index in [-0.39, 0.29) is 18.4 Å². The Morgan fingerprint density at radius 2 is 1.70 bits per heavy atom. The molecule has 0 unspecified atom stereocenters. The average molecular weight is 314 g/mol. The lowest BCUT2D eigenvalue weighted by molar-refractivity contribution is 0.0600. The van der Waals surface area contributed by atoms with Crippen molar-refractivity contribution in [3.05, 3.63) is 59.2 Å². The van der Waals surface area contributed by atoms with Crippen LogP contribution in [0.3, 0.4) is 0 Å². The lowest BCUT2D eigenvalue weighted by atomic mass is 10.1. The summed E-state index contributed by atoms with van der Waals surface area (Å²) in [7, 11) is 2.89. The van der Waals surface area contributed by atoms with Crippen LogP contribution >= 0.6 is 0 Å². The Morgan fingerprint density at radius 3 is 2.26 bits per heavy atom. The van der Waals surface area contributed by atoms with Crippen LogP contribution in [0.5, 0.6) is 11.5 Å². The highest BCUT2D eigenvalue weighted by molar-refractivity contribution is 5.97. The molecular formula is C18H18O5. The third-order valence-corrected chi connectivity index (χ3v) is 3.34. The second kappa shape index (κ2) is 7.45. The molecule has 0 spiro atoms. The van der Waals surface area contributed by atoms with Crippen LogP contribution < -0.4 is 9.47 Å². The van der Waals surface area contributed by atoms with E-state index in [1.807, 2.05) is 0 Å². The molecule has 0 aliphatic heterocycles. The van der Waals surface area contributed by atoms with Gasteiger partial charge in [0.2, 0.25) is 0 Å². The third kappa shape index (κ3) is 4.10. The van der Waals surface area contributed by atoms with E-state index in [0.29, 0.717) is 22.6 Å². The topological polar surface area (TPSA) is 61.8 Å². The van der Waals surface area contributed by atoms with Gasteiger partial charge in [-0.1, -0.05) is 12.1 Å². The summed E-state index contributed by atoms with van der Waals surface area (Å²) in [6.07, 6.45) is 0. The van der Waals surface area contributed by atoms with Crippen molar-refractivity contribution in [2.75, 3.05) is 14.2 Å². The van der Waals surface area contributed by atoms with Gasteiger partial charge in [-0.25, -0.2) is 4.79 Å². The number of benzene rings is 2. The van der Waals surface area contributed by atoms with Crippen molar-refractivity contribution in [2.45, 2.75) is 13.5 Å². The lowest BCUT2D eigenvalue weighted by Gasteiger charge is -2.11. The summed E-state index contributed by atoms with van der Waals surface area (Å²) in [4.78, 5) is 23.0. The quantitative estimate of drug-likeness (QED) is 0.605. The number of ether oxygens (including phenoxy) is 3. The molecule has 120 valence electrons. The fourth-order valence-electron chi connectivity index (χ4n) is 2.06. The summed E-state index contributed by atoms with van der Waals surface area (Å²) < 4.78 is 15.5. The molecule has 0 saturated heterocycles. The van der Waals surface area contributed by atoms with Gasteiger partial charge in [0.15, 0.2) is 5.78 Å². The maximum Gasteiger partial charge on any atom is 0.337 e. The highest BCUT2D eigenvalue weighted by Crippen LogP contribution is 2.26. The monoisotopic (exact) mass is 314 g/mol. The first-order valence-corrected chi connectivity index (χ1v) is 7.04. The first-order chi connectivity index (χ1) is 11.0. The van der Waals surface area contributed by atoms with Gasteiger partial charge in [-0.2, -0.15) is 0 Å². The van der Waals surface area contributed by atoms with Gasteiger partial charge in [0, 0.05) is 6.07 Å². The van der Waals surface area contributed by atoms with Gasteiger partial charge in [0.25, 0.3) is 0 Å². The molecule has 0 aromatic heterocycles. The van der Waals surface area contributed by atoms with Crippen LogP contribution in [0.2, 0.25) is 0 Å². The molecule has 2 aromatic rings. The number of hydrogen-bond acceptors (Lipinski definition) is 5. The van der Waals surface area contributed by atoms with Gasteiger partial charge in [-0.05, 0) is 36.8 Å². The van der Waals surface area contributed by atoms with Gasteiger partial charge in [-0.15, -0.1) is 0 Å². The molecule has 0 amide bonds. The van der Waals surface area contributed by atoms with E-state index in [1.165, 1.54) is 14.0 Å². The molecule has 0 bridgehead atoms. The van der Waals surface area contributed by atoms with E-state index in [0.717, 1.165) is 5.56 Å². The van der Waals surface area contributed by atoms with Gasteiger partial charge < -0.3 is 14.2 Å². The molecule has 0 heterocycles. The van der Waals surface area contributed by atoms with E-state index in [1.54, 1.807) is 49.6 Å². The van der Waals surface area contributed by atoms with Crippen LogP contribution in [0, 0.1) is 0 Å². The predicted octanol–water partition coefficient (Wildman–Crippen LogP) is 3.26. The van der Waals surface area contributed by atoms with Crippen LogP contribution in [0.1, 0.15) is 33.2 Å². The van der Waals surface area contributed by atoms with Crippen molar-refractivity contribution in [3.63, 3.8) is 0 Å². The number of carbonyl (C=O) groups is 2. The van der Waals surface area contributed by atoms with Gasteiger partial charge in [0.1, 0.15) is 18.1 Å². The summed E-state index contributed by atoms with van der Waals surface area (Å²) >= 11 is 0. The first-order valence-electron chi connectivity index (χ1n) is 7.04. The Bertz CT molecular complexity index is 704. The average Bonchev–Trinajstić information content (AvgIpc) is 2.59. The van der Waals surface area contributed by atoms with Gasteiger partial charge in [0.05, 0.1) is 25.3 Å². The minimum atomic E-state index is -0.385. The van der Waals surface area contributed by atoms with Crippen molar-refractivity contribution in [1.29, 1.82) is 0 Å². The molecule has 0 saturated carbocycles. The molecule has 2 aromatic carbocycles. The number of carbonyl (C=O) groups excluding carboxylic acids is 2. The normalized spacial score (nSPS) is 10.0. The van der Waals surface area contributed by atoms with Crippen LogP contribution in [-0.4, -0.2) is 26.0 Å². The van der Waals surface area contributed by atoms with Crippen LogP contribution in [0.4, 0.5) is 0 Å². The largest absolute Gasteiger partial charge is 0.497 e. The zero-order chi connectivity index (χ0) is 16.8. The Hall–Kier alpha value is -2.82. The fraction of sp³-hybridized carbons (Fsp3) is 0.222. The van der Waals surface area contributed by atoms with E-state index in [2.05, 4.69) is 4.74 Å². The van der Waals surface area contributed by atoms with E-state index in [9.17, 15) is 9.59 Å². The molecule has 5 nitrogen and oxygen atoms in total. The number of ketones is 1. The summed E-state index contributed by atoms with van der Waals surface area (Å²) in [5.41, 5.74) is 1.84. The minimum Gasteiger partial charge on any atom is -0.497 e. The number of esters is 1. The van der Waals surface area contributed by atoms with Crippen molar-refractivity contribution in [3.8, 4) is 11.5 Å². The molecule has 5 heteroatoms. The van der Waals surface area contributed by atoms with Gasteiger partial charge in [-0.3, -0.25) is 4.79 Å². The molecule has 0 aliphatic rings. The molecule has 0 atom stereocenters. The second-order valence-corrected chi connectivity index (χ2v) is 4.90. The Labute approximate surface area is 134 Å². The highest BCUT2D eigenvalue weighted by atomic mass is 16.5. The fourth-order valence-corrected chi connectivity index (χ4v) is 2.06. The van der Waals surface area contributed by atoms with Crippen molar-refractivity contribution < 1.29 is 23.8 Å². The molecule has 2 rings (SSSR count). The van der Waals surface area contributed by atoms with Gasteiger partial charge >= 0.3 is 5.97 Å². The van der Waals surface area contributed by atoms with E-state index < -0.39 is 0 Å². The van der Waals surface area contributed by atoms with E-state index >= 15 is 0 Å². The van der Waals surface area contributed by atoms with E-state index in [4.69, 9.17) is 9.47 Å². The Balaban J connectivity index is 2.14. The molecule has 0 fully saturated rings. The van der Waals surface area contributed by atoms with Crippen molar-refractivity contribution in [1.82, 2.24) is 0 Å². The predicted molar refractivity (Wildman–Crippen MR) is 85.1 cm³/mol. The van der Waals surface area contributed by atoms with Crippen LogP contribution in [0.25, 0.3) is 0 Å². The summed E-state index contributed by atoms with van der Waals surface area (Å²) in [6.45, 7) is 1.76. The van der Waals surface area contributed by atoms with Crippen molar-refractivity contribution >= 4 is 11.8 Å². The first kappa shape index (κ1) is 16.5. The summed E-state index contributed by atoms with van der Waals surface area (Å²) in [5, 5.41) is 0. The highest BCUT2D eigenvalue weighted by Gasteiger charge is 2.11. The SMILES string of the molecule is COC(=O)c1ccc(COc2cc(OC)ccc2C(C)=O)cc1. The van der Waals surface area contributed by atoms with Crippen LogP contribution in [-0.2, 0) is 11.3 Å².